The van der Waals surface area contributed by atoms with Crippen LogP contribution in [-0.4, -0.2) is 26.6 Å². The third-order valence-electron chi connectivity index (χ3n) is 2.97. The summed E-state index contributed by atoms with van der Waals surface area (Å²) in [7, 11) is 0. The number of halogens is 1. The summed E-state index contributed by atoms with van der Waals surface area (Å²) in [5.41, 5.74) is 1.15. The van der Waals surface area contributed by atoms with Crippen LogP contribution in [0.3, 0.4) is 0 Å². The van der Waals surface area contributed by atoms with E-state index in [0.717, 1.165) is 21.9 Å². The van der Waals surface area contributed by atoms with E-state index in [9.17, 15) is 4.79 Å². The van der Waals surface area contributed by atoms with E-state index in [2.05, 4.69) is 20.3 Å². The Kier molecular flexibility index (Phi) is 5.79. The molecule has 3 rings (SSSR count). The molecule has 0 aliphatic heterocycles. The average Bonchev–Trinajstić information content (AvgIpc) is 3.03. The number of hydrogen-bond donors (Lipinski definition) is 1. The third kappa shape index (κ3) is 5.02. The first-order chi connectivity index (χ1) is 11.7. The number of amides is 1. The van der Waals surface area contributed by atoms with Crippen LogP contribution in [0.4, 0.5) is 5.13 Å². The molecule has 0 atom stereocenters. The van der Waals surface area contributed by atoms with Crippen LogP contribution in [0.5, 0.6) is 0 Å². The molecule has 1 N–H and O–H groups in total. The molecule has 8 heteroatoms. The summed E-state index contributed by atoms with van der Waals surface area (Å²) in [5.74, 6) is 0.121. The monoisotopic (exact) mass is 376 g/mol. The third-order valence-corrected chi connectivity index (χ3v) is 5.01. The minimum atomic E-state index is -0.125. The molecule has 1 aromatic carbocycles. The van der Waals surface area contributed by atoms with Gasteiger partial charge in [-0.05, 0) is 23.8 Å². The molecule has 0 saturated heterocycles. The van der Waals surface area contributed by atoms with Crippen molar-refractivity contribution in [2.24, 2.45) is 0 Å². The molecule has 0 fully saturated rings. The molecule has 2 aromatic heterocycles. The largest absolute Gasteiger partial charge is 0.301 e. The van der Waals surface area contributed by atoms with Crippen molar-refractivity contribution in [1.29, 1.82) is 0 Å². The summed E-state index contributed by atoms with van der Waals surface area (Å²) < 4.78 is 0. The van der Waals surface area contributed by atoms with Crippen LogP contribution in [0.1, 0.15) is 10.4 Å². The van der Waals surface area contributed by atoms with Crippen LogP contribution in [0, 0.1) is 0 Å². The zero-order valence-corrected chi connectivity index (χ0v) is 14.9. The lowest BCUT2D eigenvalue weighted by atomic mass is 10.1. The van der Waals surface area contributed by atoms with Gasteiger partial charge < -0.3 is 5.32 Å². The number of rotatable bonds is 6. The summed E-state index contributed by atoms with van der Waals surface area (Å²) in [4.78, 5) is 25.4. The summed E-state index contributed by atoms with van der Waals surface area (Å²) >= 11 is 8.64. The molecule has 122 valence electrons. The lowest BCUT2D eigenvalue weighted by molar-refractivity contribution is -0.113. The number of thiazole rings is 1. The number of nitrogens with one attached hydrogen (secondary N) is 1. The highest BCUT2D eigenvalue weighted by molar-refractivity contribution is 7.99. The van der Waals surface area contributed by atoms with Crippen molar-refractivity contribution >= 4 is 45.7 Å². The van der Waals surface area contributed by atoms with Crippen LogP contribution < -0.4 is 5.32 Å². The maximum Gasteiger partial charge on any atom is 0.236 e. The van der Waals surface area contributed by atoms with Gasteiger partial charge >= 0.3 is 0 Å². The van der Waals surface area contributed by atoms with Crippen molar-refractivity contribution in [1.82, 2.24) is 15.0 Å². The van der Waals surface area contributed by atoms with E-state index in [4.69, 9.17) is 11.6 Å². The van der Waals surface area contributed by atoms with Crippen molar-refractivity contribution in [3.8, 4) is 0 Å². The van der Waals surface area contributed by atoms with Crippen LogP contribution in [0.25, 0.3) is 0 Å². The molecule has 0 aliphatic carbocycles. The first kappa shape index (κ1) is 16.9. The zero-order chi connectivity index (χ0) is 16.8. The fourth-order valence-electron chi connectivity index (χ4n) is 1.90. The van der Waals surface area contributed by atoms with Crippen LogP contribution >= 0.6 is 34.7 Å². The van der Waals surface area contributed by atoms with E-state index in [1.54, 1.807) is 24.7 Å². The molecule has 0 aliphatic rings. The molecule has 2 heterocycles. The van der Waals surface area contributed by atoms with Gasteiger partial charge in [0.2, 0.25) is 5.91 Å². The first-order valence-electron chi connectivity index (χ1n) is 7.08. The summed E-state index contributed by atoms with van der Waals surface area (Å²) in [5, 5.41) is 4.69. The number of anilines is 1. The van der Waals surface area contributed by atoms with Crippen molar-refractivity contribution in [3.05, 3.63) is 64.4 Å². The lowest BCUT2D eigenvalue weighted by Gasteiger charge is -2.00. The maximum atomic E-state index is 12.0. The molecule has 0 spiro atoms. The van der Waals surface area contributed by atoms with Crippen LogP contribution in [-0.2, 0) is 11.2 Å². The van der Waals surface area contributed by atoms with Gasteiger partial charge in [-0.3, -0.25) is 4.79 Å². The standard InChI is InChI=1S/C16H13ClN4OS2/c17-12-4-2-11(3-5-12)8-13-9-20-16(24-13)21-14(22)10-23-15-18-6-1-7-19-15/h1-7,9H,8,10H2,(H,20,21,22). The van der Waals surface area contributed by atoms with Crippen molar-refractivity contribution in [3.63, 3.8) is 0 Å². The topological polar surface area (TPSA) is 67.8 Å². The Hall–Kier alpha value is -1.96. The van der Waals surface area contributed by atoms with Gasteiger partial charge in [-0.1, -0.05) is 35.5 Å². The average molecular weight is 377 g/mol. The van der Waals surface area contributed by atoms with Gasteiger partial charge in [0.15, 0.2) is 10.3 Å². The van der Waals surface area contributed by atoms with Gasteiger partial charge in [0.25, 0.3) is 0 Å². The van der Waals surface area contributed by atoms with E-state index in [0.29, 0.717) is 10.3 Å². The Morgan fingerprint density at radius 1 is 1.17 bits per heavy atom. The molecule has 5 nitrogen and oxygen atoms in total. The smallest absolute Gasteiger partial charge is 0.236 e. The van der Waals surface area contributed by atoms with E-state index in [-0.39, 0.29) is 11.7 Å². The van der Waals surface area contributed by atoms with Gasteiger partial charge in [0.1, 0.15) is 0 Å². The SMILES string of the molecule is O=C(CSc1ncccn1)Nc1ncc(Cc2ccc(Cl)cc2)s1. The fourth-order valence-corrected chi connectivity index (χ4v) is 3.49. The molecular formula is C16H13ClN4OS2. The molecule has 0 unspecified atom stereocenters. The van der Waals surface area contributed by atoms with Gasteiger partial charge in [-0.15, -0.1) is 11.3 Å². The number of hydrogen-bond acceptors (Lipinski definition) is 6. The van der Waals surface area contributed by atoms with Gasteiger partial charge in [-0.2, -0.15) is 0 Å². The zero-order valence-electron chi connectivity index (χ0n) is 12.5. The van der Waals surface area contributed by atoms with Gasteiger partial charge in [0.05, 0.1) is 5.75 Å². The first-order valence-corrected chi connectivity index (χ1v) is 9.26. The molecule has 1 amide bonds. The van der Waals surface area contributed by atoms with E-state index in [1.807, 2.05) is 24.3 Å². The number of carbonyl (C=O) groups is 1. The Morgan fingerprint density at radius 2 is 1.92 bits per heavy atom. The van der Waals surface area contributed by atoms with Gasteiger partial charge in [-0.25, -0.2) is 15.0 Å². The molecule has 3 aromatic rings. The molecule has 24 heavy (non-hydrogen) atoms. The summed E-state index contributed by atoms with van der Waals surface area (Å²) in [6, 6.07) is 9.43. The van der Waals surface area contributed by atoms with Crippen molar-refractivity contribution < 1.29 is 4.79 Å². The van der Waals surface area contributed by atoms with E-state index >= 15 is 0 Å². The second-order valence-electron chi connectivity index (χ2n) is 4.80. The predicted molar refractivity (Wildman–Crippen MR) is 97.8 cm³/mol. The van der Waals surface area contributed by atoms with Gasteiger partial charge in [0, 0.05) is 34.9 Å². The second-order valence-corrected chi connectivity index (χ2v) is 7.30. The van der Waals surface area contributed by atoms with Crippen LogP contribution in [0.15, 0.2) is 54.1 Å². The highest BCUT2D eigenvalue weighted by Gasteiger charge is 2.09. The minimum Gasteiger partial charge on any atom is -0.301 e. The van der Waals surface area contributed by atoms with Crippen LogP contribution in [0.2, 0.25) is 5.02 Å². The quantitative estimate of drug-likeness (QED) is 0.522. The maximum absolute atomic E-state index is 12.0. The Labute approximate surface area is 152 Å². The number of thioether (sulfide) groups is 1. The fraction of sp³-hybridized carbons (Fsp3) is 0.125. The number of benzene rings is 1. The summed E-state index contributed by atoms with van der Waals surface area (Å²) in [6.07, 6.45) is 5.84. The lowest BCUT2D eigenvalue weighted by Crippen LogP contribution is -2.13. The van der Waals surface area contributed by atoms with Crippen molar-refractivity contribution in [2.75, 3.05) is 11.1 Å². The summed E-state index contributed by atoms with van der Waals surface area (Å²) in [6.45, 7) is 0. The molecule has 0 saturated carbocycles. The minimum absolute atomic E-state index is 0.125. The molecule has 0 radical (unpaired) electrons. The number of aromatic nitrogens is 3. The normalized spacial score (nSPS) is 10.5. The number of carbonyl (C=O) groups excluding carboxylic acids is 1. The molecule has 0 bridgehead atoms. The van der Waals surface area contributed by atoms with Crippen molar-refractivity contribution in [2.45, 2.75) is 11.6 Å². The second kappa shape index (κ2) is 8.23. The molecular weight excluding hydrogens is 364 g/mol. The predicted octanol–water partition coefficient (Wildman–Crippen LogP) is 3.91. The Balaban J connectivity index is 1.51. The Bertz CT molecular complexity index is 808. The highest BCUT2D eigenvalue weighted by Crippen LogP contribution is 2.22. The van der Waals surface area contributed by atoms with E-state index < -0.39 is 0 Å². The number of nitrogens with zero attached hydrogens (tertiary/aromatic N) is 3. The van der Waals surface area contributed by atoms with E-state index in [1.165, 1.54) is 23.1 Å². The highest BCUT2D eigenvalue weighted by atomic mass is 35.5. The Morgan fingerprint density at radius 3 is 2.67 bits per heavy atom.